The van der Waals surface area contributed by atoms with Gasteiger partial charge in [-0.2, -0.15) is 0 Å². The van der Waals surface area contributed by atoms with E-state index in [9.17, 15) is 0 Å². The molecule has 0 saturated carbocycles. The maximum absolute atomic E-state index is 5.84. The summed E-state index contributed by atoms with van der Waals surface area (Å²) >= 11 is 0. The van der Waals surface area contributed by atoms with Gasteiger partial charge in [-0.25, -0.2) is 0 Å². The minimum Gasteiger partial charge on any atom is -0.493 e. The van der Waals surface area contributed by atoms with E-state index >= 15 is 0 Å². The molecule has 2 nitrogen and oxygen atoms in total. The lowest BCUT2D eigenvalue weighted by Crippen LogP contribution is -2.17. The highest BCUT2D eigenvalue weighted by atomic mass is 16.5. The molecule has 1 aliphatic rings. The monoisotopic (exact) mass is 289 g/mol. The topological polar surface area (TPSA) is 21.3 Å². The predicted molar refractivity (Wildman–Crippen MR) is 90.1 cm³/mol. The van der Waals surface area contributed by atoms with Gasteiger partial charge in [-0.1, -0.05) is 70.1 Å². The van der Waals surface area contributed by atoms with Gasteiger partial charge in [-0.3, -0.25) is 0 Å². The van der Waals surface area contributed by atoms with Crippen LogP contribution in [-0.2, 0) is 6.42 Å². The maximum atomic E-state index is 5.84. The van der Waals surface area contributed by atoms with E-state index in [1.807, 2.05) is 0 Å². The number of rotatable bonds is 10. The maximum Gasteiger partial charge on any atom is 0.127 e. The normalized spacial score (nSPS) is 14.8. The summed E-state index contributed by atoms with van der Waals surface area (Å²) in [6, 6.07) is 7.05. The van der Waals surface area contributed by atoms with E-state index in [0.29, 0.717) is 6.04 Å². The molecular formula is C19H31NO. The van der Waals surface area contributed by atoms with E-state index in [-0.39, 0.29) is 0 Å². The Kier molecular flexibility index (Phi) is 7.08. The highest BCUT2D eigenvalue weighted by Crippen LogP contribution is 2.35. The summed E-state index contributed by atoms with van der Waals surface area (Å²) in [6.45, 7) is 3.12. The lowest BCUT2D eigenvalue weighted by molar-refractivity contribution is 0.347. The molecule has 0 bridgehead atoms. The minimum atomic E-state index is 0.439. The van der Waals surface area contributed by atoms with Crippen LogP contribution in [0.15, 0.2) is 18.2 Å². The van der Waals surface area contributed by atoms with Crippen molar-refractivity contribution in [1.82, 2.24) is 5.32 Å². The van der Waals surface area contributed by atoms with Crippen molar-refractivity contribution in [2.24, 2.45) is 0 Å². The van der Waals surface area contributed by atoms with E-state index in [1.165, 1.54) is 62.5 Å². The number of hydrogen-bond acceptors (Lipinski definition) is 2. The van der Waals surface area contributed by atoms with E-state index in [0.717, 1.165) is 18.8 Å². The van der Waals surface area contributed by atoms with Gasteiger partial charge in [0.2, 0.25) is 0 Å². The van der Waals surface area contributed by atoms with E-state index in [2.05, 4.69) is 37.5 Å². The van der Waals surface area contributed by atoms with Crippen LogP contribution in [0, 0.1) is 0 Å². The Bertz CT molecular complexity index is 416. The van der Waals surface area contributed by atoms with Crippen molar-refractivity contribution in [3.8, 4) is 5.75 Å². The van der Waals surface area contributed by atoms with Gasteiger partial charge in [-0.15, -0.1) is 0 Å². The predicted octanol–water partition coefficient (Wildman–Crippen LogP) is 5.02. The molecule has 1 aromatic carbocycles. The van der Waals surface area contributed by atoms with Crippen LogP contribution in [0.1, 0.15) is 75.5 Å². The number of nitrogens with one attached hydrogen (secondary N) is 1. The first-order valence-electron chi connectivity index (χ1n) is 8.78. The zero-order valence-electron chi connectivity index (χ0n) is 13.8. The van der Waals surface area contributed by atoms with Crippen molar-refractivity contribution in [3.63, 3.8) is 0 Å². The summed E-state index contributed by atoms with van der Waals surface area (Å²) in [5, 5.41) is 3.48. The van der Waals surface area contributed by atoms with Crippen LogP contribution in [-0.4, -0.2) is 13.7 Å². The molecule has 0 aliphatic carbocycles. The van der Waals surface area contributed by atoms with Gasteiger partial charge in [0.1, 0.15) is 5.75 Å². The summed E-state index contributed by atoms with van der Waals surface area (Å²) in [7, 11) is 2.07. The average molecular weight is 289 g/mol. The Hall–Kier alpha value is -1.02. The highest BCUT2D eigenvalue weighted by Gasteiger charge is 2.20. The van der Waals surface area contributed by atoms with Gasteiger partial charge < -0.3 is 10.1 Å². The molecule has 118 valence electrons. The highest BCUT2D eigenvalue weighted by molar-refractivity contribution is 5.45. The molecule has 1 atom stereocenters. The fraction of sp³-hybridized carbons (Fsp3) is 0.684. The lowest BCUT2D eigenvalue weighted by atomic mass is 9.97. The molecule has 1 N–H and O–H groups in total. The largest absolute Gasteiger partial charge is 0.493 e. The summed E-state index contributed by atoms with van der Waals surface area (Å²) in [4.78, 5) is 0. The third kappa shape index (κ3) is 4.74. The van der Waals surface area contributed by atoms with Crippen LogP contribution in [0.25, 0.3) is 0 Å². The van der Waals surface area contributed by atoms with Crippen LogP contribution >= 0.6 is 0 Å². The Morgan fingerprint density at radius 3 is 2.62 bits per heavy atom. The summed E-state index contributed by atoms with van der Waals surface area (Å²) in [5.74, 6) is 1.15. The summed E-state index contributed by atoms with van der Waals surface area (Å²) in [5.41, 5.74) is 2.74. The van der Waals surface area contributed by atoms with Crippen molar-refractivity contribution in [2.75, 3.05) is 13.7 Å². The van der Waals surface area contributed by atoms with Crippen molar-refractivity contribution in [3.05, 3.63) is 29.3 Å². The molecule has 0 amide bonds. The molecule has 1 aromatic rings. The molecule has 2 heteroatoms. The number of hydrogen-bond donors (Lipinski definition) is 1. The molecule has 2 rings (SSSR count). The quantitative estimate of drug-likeness (QED) is 0.610. The van der Waals surface area contributed by atoms with E-state index in [1.54, 1.807) is 0 Å². The molecule has 21 heavy (non-hydrogen) atoms. The number of ether oxygens (including phenoxy) is 1. The van der Waals surface area contributed by atoms with Crippen molar-refractivity contribution < 1.29 is 4.74 Å². The Balaban J connectivity index is 1.77. The smallest absolute Gasteiger partial charge is 0.127 e. The number of benzene rings is 1. The second kappa shape index (κ2) is 9.09. The first-order valence-corrected chi connectivity index (χ1v) is 8.78. The fourth-order valence-corrected chi connectivity index (χ4v) is 3.28. The molecule has 0 saturated heterocycles. The summed E-state index contributed by atoms with van der Waals surface area (Å²) < 4.78 is 5.84. The Morgan fingerprint density at radius 2 is 1.86 bits per heavy atom. The lowest BCUT2D eigenvalue weighted by Gasteiger charge is -2.19. The molecule has 0 aromatic heterocycles. The van der Waals surface area contributed by atoms with Gasteiger partial charge in [0.25, 0.3) is 0 Å². The van der Waals surface area contributed by atoms with Gasteiger partial charge in [0, 0.05) is 18.0 Å². The van der Waals surface area contributed by atoms with Crippen molar-refractivity contribution >= 4 is 0 Å². The van der Waals surface area contributed by atoms with Gasteiger partial charge >= 0.3 is 0 Å². The van der Waals surface area contributed by atoms with Gasteiger partial charge in [0.15, 0.2) is 0 Å². The Labute approximate surface area is 130 Å². The van der Waals surface area contributed by atoms with Crippen LogP contribution in [0.3, 0.4) is 0 Å². The summed E-state index contributed by atoms with van der Waals surface area (Å²) in [6.07, 6.45) is 11.9. The van der Waals surface area contributed by atoms with Crippen molar-refractivity contribution in [1.29, 1.82) is 0 Å². The average Bonchev–Trinajstić information content (AvgIpc) is 2.99. The van der Waals surface area contributed by atoms with Crippen LogP contribution in [0.2, 0.25) is 0 Å². The van der Waals surface area contributed by atoms with Crippen LogP contribution < -0.4 is 10.1 Å². The number of unbranched alkanes of at least 4 members (excludes halogenated alkanes) is 6. The third-order valence-electron chi connectivity index (χ3n) is 4.57. The molecule has 1 heterocycles. The second-order valence-corrected chi connectivity index (χ2v) is 6.19. The zero-order chi connectivity index (χ0) is 14.9. The van der Waals surface area contributed by atoms with Gasteiger partial charge in [-0.05, 0) is 19.0 Å². The minimum absolute atomic E-state index is 0.439. The van der Waals surface area contributed by atoms with Crippen LogP contribution in [0.5, 0.6) is 5.75 Å². The molecule has 0 fully saturated rings. The van der Waals surface area contributed by atoms with Gasteiger partial charge in [0.05, 0.1) is 6.61 Å². The Morgan fingerprint density at radius 1 is 1.10 bits per heavy atom. The number of para-hydroxylation sites is 1. The first kappa shape index (κ1) is 16.4. The number of fused-ring (bicyclic) bond motifs is 1. The molecule has 1 unspecified atom stereocenters. The first-order chi connectivity index (χ1) is 10.4. The molecule has 1 aliphatic heterocycles. The fourth-order valence-electron chi connectivity index (χ4n) is 3.28. The molecular weight excluding hydrogens is 258 g/mol. The van der Waals surface area contributed by atoms with E-state index < -0.39 is 0 Å². The van der Waals surface area contributed by atoms with Crippen LogP contribution in [0.4, 0.5) is 0 Å². The SMILES string of the molecule is CCCCCCCCCC(NC)c1cccc2c1OCC2. The molecule has 0 radical (unpaired) electrons. The standard InChI is InChI=1S/C19H31NO/c1-3-4-5-6-7-8-9-13-18(20-2)17-12-10-11-16-14-15-21-19(16)17/h10-12,18,20H,3-9,13-15H2,1-2H3. The third-order valence-corrected chi connectivity index (χ3v) is 4.57. The van der Waals surface area contributed by atoms with Crippen molar-refractivity contribution in [2.45, 2.75) is 70.8 Å². The second-order valence-electron chi connectivity index (χ2n) is 6.19. The zero-order valence-corrected chi connectivity index (χ0v) is 13.8. The van der Waals surface area contributed by atoms with E-state index in [4.69, 9.17) is 4.74 Å². The molecule has 0 spiro atoms.